The van der Waals surface area contributed by atoms with Crippen molar-refractivity contribution in [2.75, 3.05) is 23.8 Å². The van der Waals surface area contributed by atoms with E-state index in [2.05, 4.69) is 19.1 Å². The number of hydrogen-bond acceptors (Lipinski definition) is 5. The molecule has 1 amide bonds. The Kier molecular flexibility index (Phi) is 10.7. The van der Waals surface area contributed by atoms with Gasteiger partial charge in [0.2, 0.25) is 0 Å². The molecule has 1 aliphatic rings. The van der Waals surface area contributed by atoms with Crippen molar-refractivity contribution in [1.82, 2.24) is 4.90 Å². The summed E-state index contributed by atoms with van der Waals surface area (Å²) in [4.78, 5) is 24.5. The molecule has 0 aromatic heterocycles. The van der Waals surface area contributed by atoms with Crippen molar-refractivity contribution in [3.63, 3.8) is 0 Å². The van der Waals surface area contributed by atoms with Gasteiger partial charge in [0.05, 0.1) is 12.1 Å². The zero-order valence-corrected chi connectivity index (χ0v) is 18.6. The third-order valence-corrected chi connectivity index (χ3v) is 6.74. The van der Waals surface area contributed by atoms with Crippen LogP contribution in [0.3, 0.4) is 0 Å². The summed E-state index contributed by atoms with van der Waals surface area (Å²) >= 11 is 2.99. The lowest BCUT2D eigenvalue weighted by Gasteiger charge is -2.21. The molecule has 1 aliphatic heterocycles. The molecule has 1 aromatic carbocycles. The van der Waals surface area contributed by atoms with E-state index in [9.17, 15) is 14.7 Å². The first-order valence-corrected chi connectivity index (χ1v) is 12.3. The van der Waals surface area contributed by atoms with Crippen molar-refractivity contribution >= 4 is 34.7 Å². The van der Waals surface area contributed by atoms with Crippen LogP contribution in [0, 0.1) is 0 Å². The number of thioether (sulfide) groups is 2. The standard InChI is InChI=1S/C22H31NO4S2/c1-2-5-17-6-3-7-18(14-17)15-20(24)10-9-19-16-29-22(27)23(19)11-13-28-12-4-8-21(25)26/h3,6-7,9-10,14,19-20,24H,2,4-5,8,11-13,15-16H2,1H3,(H,25,26). The molecule has 2 rings (SSSR count). The Morgan fingerprint density at radius 1 is 1.38 bits per heavy atom. The Bertz CT molecular complexity index is 695. The number of hydrogen-bond donors (Lipinski definition) is 2. The maximum atomic E-state index is 12.1. The van der Waals surface area contributed by atoms with Crippen LogP contribution in [0.1, 0.15) is 37.3 Å². The van der Waals surface area contributed by atoms with Gasteiger partial charge in [0, 0.05) is 30.9 Å². The van der Waals surface area contributed by atoms with E-state index in [0.717, 1.165) is 29.9 Å². The summed E-state index contributed by atoms with van der Waals surface area (Å²) in [5.74, 6) is 1.52. The molecule has 2 unspecified atom stereocenters. The number of aryl methyl sites for hydroxylation is 1. The van der Waals surface area contributed by atoms with E-state index in [1.165, 1.54) is 17.3 Å². The van der Waals surface area contributed by atoms with Crippen molar-refractivity contribution in [2.45, 2.75) is 51.2 Å². The summed E-state index contributed by atoms with van der Waals surface area (Å²) in [6.45, 7) is 2.80. The van der Waals surface area contributed by atoms with Gasteiger partial charge in [-0.3, -0.25) is 9.59 Å². The van der Waals surface area contributed by atoms with Crippen LogP contribution in [0.4, 0.5) is 4.79 Å². The van der Waals surface area contributed by atoms with Crippen LogP contribution in [0.25, 0.3) is 0 Å². The minimum Gasteiger partial charge on any atom is -0.481 e. The SMILES string of the molecule is CCCc1cccc(CC(O)C=CC2CSC(=O)N2CCSCCCC(=O)O)c1. The molecule has 2 atom stereocenters. The molecule has 0 radical (unpaired) electrons. The molecule has 2 N–H and O–H groups in total. The number of carboxylic acid groups (broad SMARTS) is 1. The molecule has 29 heavy (non-hydrogen) atoms. The molecule has 1 heterocycles. The average Bonchev–Trinajstić information content (AvgIpc) is 3.03. The van der Waals surface area contributed by atoms with Gasteiger partial charge in [0.15, 0.2) is 0 Å². The van der Waals surface area contributed by atoms with Gasteiger partial charge in [-0.2, -0.15) is 11.8 Å². The molecule has 160 valence electrons. The third kappa shape index (κ3) is 8.84. The normalized spacial score (nSPS) is 17.9. The van der Waals surface area contributed by atoms with E-state index in [4.69, 9.17) is 5.11 Å². The number of aliphatic hydroxyl groups excluding tert-OH is 1. The molecule has 1 fully saturated rings. The van der Waals surface area contributed by atoms with Crippen molar-refractivity contribution in [3.8, 4) is 0 Å². The summed E-state index contributed by atoms with van der Waals surface area (Å²) in [5, 5.41) is 19.1. The predicted molar refractivity (Wildman–Crippen MR) is 122 cm³/mol. The number of carboxylic acids is 1. The third-order valence-electron chi connectivity index (χ3n) is 4.70. The van der Waals surface area contributed by atoms with Crippen LogP contribution in [0.5, 0.6) is 0 Å². The maximum Gasteiger partial charge on any atom is 0.303 e. The monoisotopic (exact) mass is 437 g/mol. The number of benzene rings is 1. The van der Waals surface area contributed by atoms with E-state index < -0.39 is 12.1 Å². The molecule has 0 aliphatic carbocycles. The second-order valence-corrected chi connectivity index (χ2v) is 9.37. The number of carbonyl (C=O) groups is 2. The molecular formula is C22H31NO4S2. The molecule has 5 nitrogen and oxygen atoms in total. The van der Waals surface area contributed by atoms with Crippen LogP contribution < -0.4 is 0 Å². The quantitative estimate of drug-likeness (QED) is 0.355. The summed E-state index contributed by atoms with van der Waals surface area (Å²) in [6, 6.07) is 8.36. The zero-order chi connectivity index (χ0) is 21.1. The van der Waals surface area contributed by atoms with E-state index >= 15 is 0 Å². The van der Waals surface area contributed by atoms with E-state index in [-0.39, 0.29) is 17.7 Å². The predicted octanol–water partition coefficient (Wildman–Crippen LogP) is 4.23. The van der Waals surface area contributed by atoms with Crippen molar-refractivity contribution in [1.29, 1.82) is 0 Å². The summed E-state index contributed by atoms with van der Waals surface area (Å²) < 4.78 is 0. The highest BCUT2D eigenvalue weighted by Crippen LogP contribution is 2.25. The number of aliphatic hydroxyl groups is 1. The Morgan fingerprint density at radius 3 is 2.93 bits per heavy atom. The lowest BCUT2D eigenvalue weighted by Crippen LogP contribution is -2.34. The Morgan fingerprint density at radius 2 is 2.17 bits per heavy atom. The van der Waals surface area contributed by atoms with Crippen molar-refractivity contribution in [3.05, 3.63) is 47.5 Å². The van der Waals surface area contributed by atoms with Gasteiger partial charge in [0.25, 0.3) is 5.24 Å². The van der Waals surface area contributed by atoms with Crippen LogP contribution >= 0.6 is 23.5 Å². The smallest absolute Gasteiger partial charge is 0.303 e. The molecule has 1 aromatic rings. The highest BCUT2D eigenvalue weighted by Gasteiger charge is 2.29. The van der Waals surface area contributed by atoms with Gasteiger partial charge in [0.1, 0.15) is 0 Å². The number of amides is 1. The average molecular weight is 438 g/mol. The minimum absolute atomic E-state index is 0.00759. The van der Waals surface area contributed by atoms with Crippen molar-refractivity contribution in [2.24, 2.45) is 0 Å². The first-order chi connectivity index (χ1) is 14.0. The zero-order valence-electron chi connectivity index (χ0n) is 17.0. The number of rotatable bonds is 13. The van der Waals surface area contributed by atoms with Gasteiger partial charge < -0.3 is 15.1 Å². The lowest BCUT2D eigenvalue weighted by molar-refractivity contribution is -0.137. The topological polar surface area (TPSA) is 77.8 Å². The van der Waals surface area contributed by atoms with Crippen LogP contribution in [-0.2, 0) is 17.6 Å². The second-order valence-electron chi connectivity index (χ2n) is 7.17. The molecular weight excluding hydrogens is 406 g/mol. The van der Waals surface area contributed by atoms with E-state index in [0.29, 0.717) is 25.1 Å². The molecule has 0 spiro atoms. The lowest BCUT2D eigenvalue weighted by atomic mass is 10.0. The highest BCUT2D eigenvalue weighted by atomic mass is 32.2. The maximum absolute atomic E-state index is 12.1. The fourth-order valence-corrected chi connectivity index (χ4v) is 5.11. The summed E-state index contributed by atoms with van der Waals surface area (Å²) in [7, 11) is 0. The Balaban J connectivity index is 1.79. The van der Waals surface area contributed by atoms with Gasteiger partial charge >= 0.3 is 5.97 Å². The molecule has 1 saturated heterocycles. The van der Waals surface area contributed by atoms with Gasteiger partial charge in [-0.1, -0.05) is 61.5 Å². The highest BCUT2D eigenvalue weighted by molar-refractivity contribution is 8.13. The van der Waals surface area contributed by atoms with E-state index in [1.807, 2.05) is 29.2 Å². The number of aliphatic carboxylic acids is 1. The first-order valence-electron chi connectivity index (χ1n) is 10.2. The fraction of sp³-hybridized carbons (Fsp3) is 0.545. The Labute approximate surface area is 181 Å². The van der Waals surface area contributed by atoms with Gasteiger partial charge in [-0.25, -0.2) is 0 Å². The van der Waals surface area contributed by atoms with Crippen LogP contribution in [-0.4, -0.2) is 62.3 Å². The van der Waals surface area contributed by atoms with Gasteiger partial charge in [-0.05, 0) is 29.7 Å². The summed E-state index contributed by atoms with van der Waals surface area (Å²) in [6.07, 6.45) is 6.75. The van der Waals surface area contributed by atoms with Crippen LogP contribution in [0.15, 0.2) is 36.4 Å². The minimum atomic E-state index is -0.766. The Hall–Kier alpha value is -1.44. The first kappa shape index (κ1) is 23.8. The molecule has 7 heteroatoms. The number of nitrogens with zero attached hydrogens (tertiary/aromatic N) is 1. The number of carbonyl (C=O) groups excluding carboxylic acids is 1. The van der Waals surface area contributed by atoms with Crippen molar-refractivity contribution < 1.29 is 19.8 Å². The molecule has 0 bridgehead atoms. The van der Waals surface area contributed by atoms with Gasteiger partial charge in [-0.15, -0.1) is 0 Å². The van der Waals surface area contributed by atoms with Crippen LogP contribution in [0.2, 0.25) is 0 Å². The molecule has 0 saturated carbocycles. The fourth-order valence-electron chi connectivity index (χ4n) is 3.24. The van der Waals surface area contributed by atoms with E-state index in [1.54, 1.807) is 11.8 Å². The summed E-state index contributed by atoms with van der Waals surface area (Å²) in [5.41, 5.74) is 2.42. The largest absolute Gasteiger partial charge is 0.481 e. The second kappa shape index (κ2) is 13.0.